The molecule has 0 aliphatic rings. The van der Waals surface area contributed by atoms with Gasteiger partial charge in [0.2, 0.25) is 0 Å². The number of esters is 1. The van der Waals surface area contributed by atoms with E-state index in [0.717, 1.165) is 10.1 Å². The lowest BCUT2D eigenvalue weighted by Crippen LogP contribution is -2.12. The molecule has 18 heavy (non-hydrogen) atoms. The highest BCUT2D eigenvalue weighted by atomic mass is 32.1. The molecule has 3 nitrogen and oxygen atoms in total. The van der Waals surface area contributed by atoms with Gasteiger partial charge in [-0.3, -0.25) is 4.79 Å². The molecule has 0 N–H and O–H groups in total. The summed E-state index contributed by atoms with van der Waals surface area (Å²) in [5.74, 6) is -0.612. The molecule has 0 atom stereocenters. The molecule has 0 bridgehead atoms. The number of Topliss-reactive ketones (excluding diaryl/α,β-unsaturated/α-hetero) is 1. The van der Waals surface area contributed by atoms with E-state index < -0.39 is 5.97 Å². The Balaban J connectivity index is 2.73. The van der Waals surface area contributed by atoms with Crippen LogP contribution in [0.5, 0.6) is 0 Å². The van der Waals surface area contributed by atoms with Gasteiger partial charge in [-0.2, -0.15) is 0 Å². The smallest absolute Gasteiger partial charge is 0.348 e. The van der Waals surface area contributed by atoms with Gasteiger partial charge in [0.25, 0.3) is 0 Å². The van der Waals surface area contributed by atoms with Crippen molar-refractivity contribution in [1.82, 2.24) is 0 Å². The molecule has 0 unspecified atom stereocenters. The largest absolute Gasteiger partial charge is 0.465 e. The molecule has 0 amide bonds. The first kappa shape index (κ1) is 12.8. The normalized spacial score (nSPS) is 10.9. The van der Waals surface area contributed by atoms with Crippen molar-refractivity contribution < 1.29 is 14.3 Å². The first-order chi connectivity index (χ1) is 8.56. The van der Waals surface area contributed by atoms with Crippen LogP contribution in [0.2, 0.25) is 0 Å². The maximum absolute atomic E-state index is 12.3. The summed E-state index contributed by atoms with van der Waals surface area (Å²) in [4.78, 5) is 24.4. The average molecular weight is 262 g/mol. The molecule has 0 aliphatic carbocycles. The lowest BCUT2D eigenvalue weighted by molar-refractivity contribution is 0.0602. The number of carbonyl (C=O) groups is 2. The Kier molecular flexibility index (Phi) is 3.48. The SMILES string of the molecule is COC(=O)c1sc2ccccc2c1C(=O)C(C)C. The van der Waals surface area contributed by atoms with Crippen LogP contribution in [0.3, 0.4) is 0 Å². The van der Waals surface area contributed by atoms with Crippen LogP contribution in [0, 0.1) is 5.92 Å². The molecule has 0 fully saturated rings. The molecule has 0 aliphatic heterocycles. The highest BCUT2D eigenvalue weighted by Gasteiger charge is 2.25. The number of hydrogen-bond donors (Lipinski definition) is 0. The van der Waals surface area contributed by atoms with Gasteiger partial charge in [-0.05, 0) is 6.07 Å². The lowest BCUT2D eigenvalue weighted by atomic mass is 9.98. The second-order valence-corrected chi connectivity index (χ2v) is 5.37. The quantitative estimate of drug-likeness (QED) is 0.628. The third-order valence-corrected chi connectivity index (χ3v) is 3.89. The van der Waals surface area contributed by atoms with Gasteiger partial charge in [-0.25, -0.2) is 4.79 Å². The van der Waals surface area contributed by atoms with E-state index in [9.17, 15) is 9.59 Å². The third-order valence-electron chi connectivity index (χ3n) is 2.74. The Morgan fingerprint density at radius 2 is 1.89 bits per heavy atom. The highest BCUT2D eigenvalue weighted by Crippen LogP contribution is 2.33. The minimum absolute atomic E-state index is 0.0205. The summed E-state index contributed by atoms with van der Waals surface area (Å²) in [6.07, 6.45) is 0. The van der Waals surface area contributed by atoms with Gasteiger partial charge in [0.1, 0.15) is 4.88 Å². The summed E-state index contributed by atoms with van der Waals surface area (Å²) in [5.41, 5.74) is 0.498. The zero-order valence-electron chi connectivity index (χ0n) is 10.5. The Hall–Kier alpha value is -1.68. The molecule has 0 saturated carbocycles. The van der Waals surface area contributed by atoms with Crippen molar-refractivity contribution in [3.05, 3.63) is 34.7 Å². The van der Waals surface area contributed by atoms with Gasteiger partial charge < -0.3 is 4.74 Å². The first-order valence-corrected chi connectivity index (χ1v) is 6.52. The molecule has 1 aromatic heterocycles. The maximum atomic E-state index is 12.3. The van der Waals surface area contributed by atoms with Crippen LogP contribution in [0.25, 0.3) is 10.1 Å². The van der Waals surface area contributed by atoms with E-state index in [1.807, 2.05) is 38.1 Å². The van der Waals surface area contributed by atoms with E-state index in [-0.39, 0.29) is 11.7 Å². The van der Waals surface area contributed by atoms with Crippen LogP contribution < -0.4 is 0 Å². The Labute approximate surface area is 109 Å². The maximum Gasteiger partial charge on any atom is 0.348 e. The van der Waals surface area contributed by atoms with Crippen molar-refractivity contribution in [3.8, 4) is 0 Å². The minimum atomic E-state index is -0.444. The summed E-state index contributed by atoms with van der Waals surface area (Å²) in [7, 11) is 1.33. The lowest BCUT2D eigenvalue weighted by Gasteiger charge is -2.05. The number of hydrogen-bond acceptors (Lipinski definition) is 4. The van der Waals surface area contributed by atoms with Crippen LogP contribution in [0.15, 0.2) is 24.3 Å². The van der Waals surface area contributed by atoms with Gasteiger partial charge in [-0.1, -0.05) is 32.0 Å². The molecule has 2 rings (SSSR count). The molecular formula is C14H14O3S. The molecule has 0 saturated heterocycles. The molecule has 2 aromatic rings. The van der Waals surface area contributed by atoms with Gasteiger partial charge in [-0.15, -0.1) is 11.3 Å². The summed E-state index contributed by atoms with van der Waals surface area (Å²) >= 11 is 1.31. The predicted octanol–water partition coefficient (Wildman–Crippen LogP) is 3.53. The molecule has 0 spiro atoms. The zero-order valence-corrected chi connectivity index (χ0v) is 11.3. The number of ether oxygens (including phenoxy) is 1. The summed E-state index contributed by atoms with van der Waals surface area (Å²) in [6.45, 7) is 3.66. The van der Waals surface area contributed by atoms with Gasteiger partial charge in [0.05, 0.1) is 12.7 Å². The number of ketones is 1. The number of benzene rings is 1. The standard InChI is InChI=1S/C14H14O3S/c1-8(2)12(15)11-9-6-4-5-7-10(9)18-13(11)14(16)17-3/h4-8H,1-3H3. The Morgan fingerprint density at radius 1 is 1.22 bits per heavy atom. The van der Waals surface area contributed by atoms with Crippen LogP contribution >= 0.6 is 11.3 Å². The van der Waals surface area contributed by atoms with E-state index in [0.29, 0.717) is 10.4 Å². The van der Waals surface area contributed by atoms with Crippen molar-refractivity contribution >= 4 is 33.2 Å². The van der Waals surface area contributed by atoms with E-state index in [2.05, 4.69) is 0 Å². The topological polar surface area (TPSA) is 43.4 Å². The minimum Gasteiger partial charge on any atom is -0.465 e. The van der Waals surface area contributed by atoms with Crippen molar-refractivity contribution in [1.29, 1.82) is 0 Å². The van der Waals surface area contributed by atoms with Crippen LogP contribution in [0.1, 0.15) is 33.9 Å². The number of carbonyl (C=O) groups excluding carboxylic acids is 2. The fraction of sp³-hybridized carbons (Fsp3) is 0.286. The molecule has 0 radical (unpaired) electrons. The molecule has 4 heteroatoms. The monoisotopic (exact) mass is 262 g/mol. The second-order valence-electron chi connectivity index (χ2n) is 4.31. The third kappa shape index (κ3) is 2.04. The van der Waals surface area contributed by atoms with Crippen molar-refractivity contribution in [2.45, 2.75) is 13.8 Å². The van der Waals surface area contributed by atoms with Crippen molar-refractivity contribution in [3.63, 3.8) is 0 Å². The predicted molar refractivity (Wildman–Crippen MR) is 72.3 cm³/mol. The molecule has 1 heterocycles. The zero-order chi connectivity index (χ0) is 13.3. The highest BCUT2D eigenvalue weighted by molar-refractivity contribution is 7.21. The van der Waals surface area contributed by atoms with Gasteiger partial charge >= 0.3 is 5.97 Å². The Morgan fingerprint density at radius 3 is 2.50 bits per heavy atom. The first-order valence-electron chi connectivity index (χ1n) is 5.70. The number of methoxy groups -OCH3 is 1. The fourth-order valence-corrected chi connectivity index (χ4v) is 2.94. The van der Waals surface area contributed by atoms with Gasteiger partial charge in [0.15, 0.2) is 5.78 Å². The van der Waals surface area contributed by atoms with Gasteiger partial charge in [0, 0.05) is 16.0 Å². The molecule has 1 aromatic carbocycles. The van der Waals surface area contributed by atoms with Crippen LogP contribution in [-0.2, 0) is 4.74 Å². The van der Waals surface area contributed by atoms with E-state index in [4.69, 9.17) is 4.74 Å². The number of thiophene rings is 1. The van der Waals surface area contributed by atoms with Crippen molar-refractivity contribution in [2.75, 3.05) is 7.11 Å². The molecular weight excluding hydrogens is 248 g/mol. The van der Waals surface area contributed by atoms with E-state index in [1.165, 1.54) is 18.4 Å². The van der Waals surface area contributed by atoms with Crippen LogP contribution in [0.4, 0.5) is 0 Å². The number of fused-ring (bicyclic) bond motifs is 1. The van der Waals surface area contributed by atoms with E-state index in [1.54, 1.807) is 0 Å². The summed E-state index contributed by atoms with van der Waals surface area (Å²) in [6, 6.07) is 7.54. The fourth-order valence-electron chi connectivity index (χ4n) is 1.82. The van der Waals surface area contributed by atoms with Crippen LogP contribution in [-0.4, -0.2) is 18.9 Å². The van der Waals surface area contributed by atoms with Crippen molar-refractivity contribution in [2.24, 2.45) is 5.92 Å². The molecule has 94 valence electrons. The van der Waals surface area contributed by atoms with E-state index >= 15 is 0 Å². The second kappa shape index (κ2) is 4.90. The Bertz CT molecular complexity index is 611. The summed E-state index contributed by atoms with van der Waals surface area (Å²) < 4.78 is 5.69. The average Bonchev–Trinajstić information content (AvgIpc) is 2.75. The number of rotatable bonds is 3. The summed E-state index contributed by atoms with van der Waals surface area (Å²) in [5, 5.41) is 0.835.